The summed E-state index contributed by atoms with van der Waals surface area (Å²) in [6.07, 6.45) is -8.25. The number of amides is 1. The van der Waals surface area contributed by atoms with Gasteiger partial charge in [-0.1, -0.05) is 24.3 Å². The summed E-state index contributed by atoms with van der Waals surface area (Å²) in [7, 11) is 0. The van der Waals surface area contributed by atoms with Crippen LogP contribution in [0.15, 0.2) is 42.5 Å². The molecule has 1 unspecified atom stereocenters. The average Bonchev–Trinajstić information content (AvgIpc) is 3.36. The second-order valence-electron chi connectivity index (χ2n) is 9.45. The van der Waals surface area contributed by atoms with Crippen LogP contribution in [0.5, 0.6) is 0 Å². The number of likely N-dealkylation sites (tertiary alicyclic amines) is 1. The van der Waals surface area contributed by atoms with Crippen molar-refractivity contribution in [3.8, 4) is 0 Å². The Morgan fingerprint density at radius 1 is 1.03 bits per heavy atom. The normalized spacial score (nSPS) is 23.2. The molecule has 0 bridgehead atoms. The fraction of sp³-hybridized carbons (Fsp3) is 0.500. The summed E-state index contributed by atoms with van der Waals surface area (Å²) in [6.45, 7) is 2.96. The fourth-order valence-corrected chi connectivity index (χ4v) is 5.07. The van der Waals surface area contributed by atoms with E-state index in [1.54, 1.807) is 4.90 Å². The molecule has 4 rings (SSSR count). The molecule has 10 heteroatoms. The predicted octanol–water partition coefficient (Wildman–Crippen LogP) is 5.69. The quantitative estimate of drug-likeness (QED) is 0.522. The topological polar surface area (TPSA) is 41.6 Å². The Morgan fingerprint density at radius 3 is 2.28 bits per heavy atom. The van der Waals surface area contributed by atoms with Gasteiger partial charge >= 0.3 is 12.4 Å². The number of benzene rings is 2. The third kappa shape index (κ3) is 6.03. The van der Waals surface area contributed by atoms with Crippen LogP contribution in [0.4, 0.5) is 26.3 Å². The Balaban J connectivity index is 1.59. The first kappa shape index (κ1) is 26.5. The highest BCUT2D eigenvalue weighted by Crippen LogP contribution is 2.37. The summed E-state index contributed by atoms with van der Waals surface area (Å²) in [5.41, 5.74) is -0.972. The van der Waals surface area contributed by atoms with Gasteiger partial charge in [-0.2, -0.15) is 26.3 Å². The molecule has 2 heterocycles. The molecule has 2 aromatic carbocycles. The Hall–Kier alpha value is -2.59. The molecule has 2 aromatic rings. The van der Waals surface area contributed by atoms with Gasteiger partial charge in [0.25, 0.3) is 0 Å². The zero-order chi connectivity index (χ0) is 26.1. The molecule has 0 aliphatic carbocycles. The monoisotopic (exact) mass is 514 g/mol. The zero-order valence-corrected chi connectivity index (χ0v) is 19.8. The van der Waals surface area contributed by atoms with E-state index in [4.69, 9.17) is 4.74 Å². The fourth-order valence-electron chi connectivity index (χ4n) is 5.07. The minimum Gasteiger partial charge on any atom is -0.371 e. The number of ether oxygens (including phenoxy) is 1. The first-order valence-corrected chi connectivity index (χ1v) is 11.9. The largest absolute Gasteiger partial charge is 0.416 e. The molecule has 4 nitrogen and oxygen atoms in total. The van der Waals surface area contributed by atoms with Crippen LogP contribution in [0.2, 0.25) is 0 Å². The lowest BCUT2D eigenvalue weighted by atomic mass is 9.84. The highest BCUT2D eigenvalue weighted by molar-refractivity contribution is 5.82. The maximum absolute atomic E-state index is 13.3. The second kappa shape index (κ2) is 10.4. The van der Waals surface area contributed by atoms with Gasteiger partial charge in [0.1, 0.15) is 0 Å². The summed E-state index contributed by atoms with van der Waals surface area (Å²) in [5, 5.41) is 3.17. The standard InChI is InChI=1S/C26H28F6N2O2/c1-16-5-2-3-6-20(16)21-8-10-34(24(35)22-7-4-9-33-22)14-23(21)36-15-17-11-18(25(27,28)29)13-19(12-17)26(30,31)32/h2-3,5-6,11-13,21-23,33H,4,7-10,14-15H2,1H3/t21-,22?,23-/m0/s1. The van der Waals surface area contributed by atoms with Gasteiger partial charge in [-0.15, -0.1) is 0 Å². The van der Waals surface area contributed by atoms with Gasteiger partial charge in [-0.05, 0) is 67.6 Å². The Bertz CT molecular complexity index is 1050. The van der Waals surface area contributed by atoms with Crippen LogP contribution in [0.3, 0.4) is 0 Å². The molecule has 2 aliphatic heterocycles. The predicted molar refractivity (Wildman–Crippen MR) is 121 cm³/mol. The Labute approximate surface area is 205 Å². The number of alkyl halides is 6. The van der Waals surface area contributed by atoms with Crippen molar-refractivity contribution in [2.24, 2.45) is 0 Å². The molecule has 2 saturated heterocycles. The molecule has 1 N–H and O–H groups in total. The van der Waals surface area contributed by atoms with E-state index in [9.17, 15) is 31.1 Å². The highest BCUT2D eigenvalue weighted by Gasteiger charge is 2.39. The van der Waals surface area contributed by atoms with E-state index in [1.165, 1.54) is 0 Å². The zero-order valence-electron chi connectivity index (χ0n) is 19.8. The number of hydrogen-bond donors (Lipinski definition) is 1. The van der Waals surface area contributed by atoms with Gasteiger partial charge < -0.3 is 15.0 Å². The first-order valence-electron chi connectivity index (χ1n) is 11.9. The van der Waals surface area contributed by atoms with Crippen LogP contribution in [-0.4, -0.2) is 42.6 Å². The molecule has 0 aromatic heterocycles. The number of hydrogen-bond acceptors (Lipinski definition) is 3. The van der Waals surface area contributed by atoms with E-state index >= 15 is 0 Å². The summed E-state index contributed by atoms with van der Waals surface area (Å²) in [6, 6.07) is 8.85. The maximum Gasteiger partial charge on any atom is 0.416 e. The summed E-state index contributed by atoms with van der Waals surface area (Å²) in [5.74, 6) is -0.206. The van der Waals surface area contributed by atoms with Crippen LogP contribution < -0.4 is 5.32 Å². The van der Waals surface area contributed by atoms with E-state index in [0.29, 0.717) is 25.1 Å². The number of rotatable bonds is 5. The van der Waals surface area contributed by atoms with Crippen molar-refractivity contribution in [3.63, 3.8) is 0 Å². The number of nitrogens with zero attached hydrogens (tertiary/aromatic N) is 1. The average molecular weight is 515 g/mol. The number of aryl methyl sites for hydroxylation is 1. The van der Waals surface area contributed by atoms with Crippen LogP contribution >= 0.6 is 0 Å². The number of nitrogens with one attached hydrogen (secondary N) is 1. The molecule has 2 aliphatic rings. The van der Waals surface area contributed by atoms with Crippen molar-refractivity contribution in [3.05, 3.63) is 70.3 Å². The molecule has 1 amide bonds. The first-order chi connectivity index (χ1) is 16.9. The molecular formula is C26H28F6N2O2. The molecule has 0 radical (unpaired) electrons. The van der Waals surface area contributed by atoms with Gasteiger partial charge in [-0.25, -0.2) is 0 Å². The van der Waals surface area contributed by atoms with E-state index in [-0.39, 0.29) is 36.0 Å². The Morgan fingerprint density at radius 2 is 1.69 bits per heavy atom. The van der Waals surface area contributed by atoms with Crippen molar-refractivity contribution in [1.82, 2.24) is 10.2 Å². The van der Waals surface area contributed by atoms with E-state index in [2.05, 4.69) is 5.32 Å². The SMILES string of the molecule is Cc1ccccc1[C@@H]1CCN(C(=O)C2CCCN2)C[C@@H]1OCc1cc(C(F)(F)F)cc(C(F)(F)F)c1. The lowest BCUT2D eigenvalue weighted by Crippen LogP contribution is -2.51. The number of carbonyl (C=O) groups excluding carboxylic acids is 1. The van der Waals surface area contributed by atoms with Crippen molar-refractivity contribution in [2.45, 2.75) is 63.2 Å². The molecule has 196 valence electrons. The smallest absolute Gasteiger partial charge is 0.371 e. The number of piperidine rings is 1. The van der Waals surface area contributed by atoms with Crippen molar-refractivity contribution >= 4 is 5.91 Å². The van der Waals surface area contributed by atoms with Gasteiger partial charge in [0.2, 0.25) is 5.91 Å². The maximum atomic E-state index is 13.3. The molecule has 36 heavy (non-hydrogen) atoms. The minimum atomic E-state index is -4.93. The molecule has 0 spiro atoms. The van der Waals surface area contributed by atoms with E-state index in [0.717, 1.165) is 30.5 Å². The molecule has 0 saturated carbocycles. The van der Waals surface area contributed by atoms with Crippen LogP contribution in [-0.2, 0) is 28.5 Å². The third-order valence-electron chi connectivity index (χ3n) is 6.93. The summed E-state index contributed by atoms with van der Waals surface area (Å²) in [4.78, 5) is 14.7. The van der Waals surface area contributed by atoms with Crippen molar-refractivity contribution < 1.29 is 35.9 Å². The lowest BCUT2D eigenvalue weighted by molar-refractivity contribution is -0.143. The summed E-state index contributed by atoms with van der Waals surface area (Å²) >= 11 is 0. The lowest BCUT2D eigenvalue weighted by Gasteiger charge is -2.40. The summed E-state index contributed by atoms with van der Waals surface area (Å²) < 4.78 is 85.8. The number of carbonyl (C=O) groups is 1. The van der Waals surface area contributed by atoms with Crippen molar-refractivity contribution in [1.29, 1.82) is 0 Å². The second-order valence-corrected chi connectivity index (χ2v) is 9.45. The van der Waals surface area contributed by atoms with Gasteiger partial charge in [0, 0.05) is 19.0 Å². The van der Waals surface area contributed by atoms with Gasteiger partial charge in [-0.3, -0.25) is 4.79 Å². The van der Waals surface area contributed by atoms with Crippen LogP contribution in [0, 0.1) is 6.92 Å². The Kier molecular flexibility index (Phi) is 7.66. The van der Waals surface area contributed by atoms with Crippen LogP contribution in [0.25, 0.3) is 0 Å². The minimum absolute atomic E-state index is 0.0530. The highest BCUT2D eigenvalue weighted by atomic mass is 19.4. The molecule has 3 atom stereocenters. The van der Waals surface area contributed by atoms with E-state index in [1.807, 2.05) is 31.2 Å². The molecular weight excluding hydrogens is 486 g/mol. The van der Waals surface area contributed by atoms with Gasteiger partial charge in [0.15, 0.2) is 0 Å². The van der Waals surface area contributed by atoms with Crippen LogP contribution in [0.1, 0.15) is 53.0 Å². The van der Waals surface area contributed by atoms with Gasteiger partial charge in [0.05, 0.1) is 29.9 Å². The van der Waals surface area contributed by atoms with E-state index < -0.39 is 36.2 Å². The van der Waals surface area contributed by atoms with Crippen molar-refractivity contribution in [2.75, 3.05) is 19.6 Å². The number of halogens is 6. The molecule has 2 fully saturated rings. The third-order valence-corrected chi connectivity index (χ3v) is 6.93.